The Morgan fingerprint density at radius 2 is 1.91 bits per heavy atom. The van der Waals surface area contributed by atoms with Crippen molar-refractivity contribution in [1.82, 2.24) is 15.2 Å². The number of urea groups is 1. The lowest BCUT2D eigenvalue weighted by Crippen LogP contribution is -2.32. The van der Waals surface area contributed by atoms with Crippen molar-refractivity contribution in [3.63, 3.8) is 0 Å². The zero-order valence-electron chi connectivity index (χ0n) is 18.5. The molecule has 32 heavy (non-hydrogen) atoms. The van der Waals surface area contributed by atoms with Crippen molar-refractivity contribution in [2.45, 2.75) is 27.2 Å². The van der Waals surface area contributed by atoms with Gasteiger partial charge in [-0.05, 0) is 62.8 Å². The lowest BCUT2D eigenvalue weighted by Gasteiger charge is -2.17. The lowest BCUT2D eigenvalue weighted by atomic mass is 10.1. The molecule has 0 radical (unpaired) electrons. The molecule has 0 aliphatic heterocycles. The van der Waals surface area contributed by atoms with Crippen LogP contribution in [-0.2, 0) is 0 Å². The number of carbonyl (C=O) groups is 2. The second kappa shape index (κ2) is 11.3. The van der Waals surface area contributed by atoms with Crippen molar-refractivity contribution in [3.05, 3.63) is 52.5 Å². The number of para-hydroxylation sites is 1. The van der Waals surface area contributed by atoms with Gasteiger partial charge in [0.15, 0.2) is 5.13 Å². The van der Waals surface area contributed by atoms with E-state index in [0.717, 1.165) is 41.8 Å². The van der Waals surface area contributed by atoms with Crippen LogP contribution in [0.2, 0.25) is 5.02 Å². The topological polar surface area (TPSA) is 86.4 Å². The van der Waals surface area contributed by atoms with Gasteiger partial charge in [0.2, 0.25) is 0 Å². The zero-order valence-corrected chi connectivity index (χ0v) is 20.1. The van der Waals surface area contributed by atoms with Crippen molar-refractivity contribution in [1.29, 1.82) is 0 Å². The summed E-state index contributed by atoms with van der Waals surface area (Å²) in [5.74, 6) is -0.253. The summed E-state index contributed by atoms with van der Waals surface area (Å²) < 4.78 is 0.811. The van der Waals surface area contributed by atoms with Crippen LogP contribution in [0.15, 0.2) is 36.4 Å². The summed E-state index contributed by atoms with van der Waals surface area (Å²) in [6, 6.07) is 10.4. The second-order valence-corrected chi connectivity index (χ2v) is 8.79. The van der Waals surface area contributed by atoms with Crippen molar-refractivity contribution in [3.8, 4) is 0 Å². The fraction of sp³-hybridized carbons (Fsp3) is 0.348. The van der Waals surface area contributed by atoms with Crippen LogP contribution in [0.25, 0.3) is 10.2 Å². The molecule has 0 bridgehead atoms. The van der Waals surface area contributed by atoms with E-state index in [2.05, 4.69) is 39.7 Å². The summed E-state index contributed by atoms with van der Waals surface area (Å²) in [6.45, 7) is 9.71. The first kappa shape index (κ1) is 24.0. The van der Waals surface area contributed by atoms with Gasteiger partial charge in [-0.1, -0.05) is 48.9 Å². The Bertz CT molecular complexity index is 1080. The van der Waals surface area contributed by atoms with Crippen LogP contribution in [0.4, 0.5) is 15.6 Å². The van der Waals surface area contributed by atoms with Gasteiger partial charge in [0.25, 0.3) is 5.91 Å². The molecule has 3 N–H and O–H groups in total. The van der Waals surface area contributed by atoms with Gasteiger partial charge in [0.05, 0.1) is 20.9 Å². The molecule has 0 unspecified atom stereocenters. The first-order chi connectivity index (χ1) is 15.4. The number of amides is 3. The van der Waals surface area contributed by atoms with E-state index in [9.17, 15) is 9.59 Å². The van der Waals surface area contributed by atoms with E-state index in [1.165, 1.54) is 11.3 Å². The maximum atomic E-state index is 12.7. The van der Waals surface area contributed by atoms with Crippen LogP contribution in [-0.4, -0.2) is 48.0 Å². The smallest absolute Gasteiger partial charge is 0.321 e. The van der Waals surface area contributed by atoms with Crippen molar-refractivity contribution < 1.29 is 9.59 Å². The summed E-state index contributed by atoms with van der Waals surface area (Å²) >= 11 is 7.54. The van der Waals surface area contributed by atoms with Crippen LogP contribution in [0.1, 0.15) is 36.2 Å². The third-order valence-electron chi connectivity index (χ3n) is 5.16. The third-order valence-corrected chi connectivity index (χ3v) is 6.41. The SMILES string of the molecule is CCN(CC)CCCNC(=O)Nc1nc2ccc(C(=O)Nc3c(C)cccc3Cl)cc2s1. The fourth-order valence-electron chi connectivity index (χ4n) is 3.28. The Kier molecular flexibility index (Phi) is 8.44. The van der Waals surface area contributed by atoms with Gasteiger partial charge in [-0.25, -0.2) is 9.78 Å². The summed E-state index contributed by atoms with van der Waals surface area (Å²) in [4.78, 5) is 31.6. The Morgan fingerprint density at radius 1 is 1.12 bits per heavy atom. The Hall–Kier alpha value is -2.68. The van der Waals surface area contributed by atoms with Crippen molar-refractivity contribution >= 4 is 55.9 Å². The number of benzene rings is 2. The Balaban J connectivity index is 1.59. The van der Waals surface area contributed by atoms with Crippen LogP contribution in [0, 0.1) is 6.92 Å². The third kappa shape index (κ3) is 6.18. The molecule has 0 aliphatic rings. The highest BCUT2D eigenvalue weighted by Gasteiger charge is 2.13. The Labute approximate surface area is 197 Å². The molecular formula is C23H28ClN5O2S. The molecular weight excluding hydrogens is 446 g/mol. The molecule has 3 rings (SSSR count). The van der Waals surface area contributed by atoms with Crippen LogP contribution < -0.4 is 16.0 Å². The van der Waals surface area contributed by atoms with Gasteiger partial charge in [-0.2, -0.15) is 0 Å². The molecule has 0 saturated heterocycles. The van der Waals surface area contributed by atoms with Gasteiger partial charge < -0.3 is 15.5 Å². The maximum Gasteiger partial charge on any atom is 0.321 e. The molecule has 2 aromatic carbocycles. The number of hydrogen-bond donors (Lipinski definition) is 3. The maximum absolute atomic E-state index is 12.7. The van der Waals surface area contributed by atoms with E-state index in [1.54, 1.807) is 24.3 Å². The van der Waals surface area contributed by atoms with Crippen molar-refractivity contribution in [2.75, 3.05) is 36.8 Å². The van der Waals surface area contributed by atoms with Crippen molar-refractivity contribution in [2.24, 2.45) is 0 Å². The second-order valence-electron chi connectivity index (χ2n) is 7.35. The molecule has 170 valence electrons. The molecule has 7 nitrogen and oxygen atoms in total. The monoisotopic (exact) mass is 473 g/mol. The van der Waals surface area contributed by atoms with Gasteiger partial charge >= 0.3 is 6.03 Å². The molecule has 1 heterocycles. The van der Waals surface area contributed by atoms with Crippen LogP contribution in [0.3, 0.4) is 0 Å². The van der Waals surface area contributed by atoms with E-state index in [0.29, 0.717) is 27.9 Å². The predicted octanol–water partition coefficient (Wildman–Crippen LogP) is 5.36. The molecule has 0 spiro atoms. The molecule has 0 fully saturated rings. The minimum Gasteiger partial charge on any atom is -0.338 e. The minimum atomic E-state index is -0.282. The molecule has 0 saturated carbocycles. The first-order valence-electron chi connectivity index (χ1n) is 10.7. The average molecular weight is 474 g/mol. The van der Waals surface area contributed by atoms with Crippen LogP contribution >= 0.6 is 22.9 Å². The molecule has 3 aromatic rings. The number of carbonyl (C=O) groups excluding carboxylic acids is 2. The summed E-state index contributed by atoms with van der Waals surface area (Å²) in [5, 5.41) is 9.49. The van der Waals surface area contributed by atoms with E-state index in [-0.39, 0.29) is 11.9 Å². The number of rotatable bonds is 9. The number of halogens is 1. The summed E-state index contributed by atoms with van der Waals surface area (Å²) in [6.07, 6.45) is 0.887. The number of nitrogens with zero attached hydrogens (tertiary/aromatic N) is 2. The number of aryl methyl sites for hydroxylation is 1. The quantitative estimate of drug-likeness (QED) is 0.365. The number of thiazole rings is 1. The van der Waals surface area contributed by atoms with E-state index >= 15 is 0 Å². The summed E-state index contributed by atoms with van der Waals surface area (Å²) in [5.41, 5.74) is 2.70. The summed E-state index contributed by atoms with van der Waals surface area (Å²) in [7, 11) is 0. The number of anilines is 2. The molecule has 9 heteroatoms. The highest BCUT2D eigenvalue weighted by molar-refractivity contribution is 7.22. The lowest BCUT2D eigenvalue weighted by molar-refractivity contribution is 0.102. The van der Waals surface area contributed by atoms with Crippen LogP contribution in [0.5, 0.6) is 0 Å². The van der Waals surface area contributed by atoms with E-state index in [1.807, 2.05) is 19.1 Å². The minimum absolute atomic E-state index is 0.253. The standard InChI is InChI=1S/C23H28ClN5O2S/c1-4-29(5-2)13-7-12-25-22(31)28-23-26-18-11-10-16(14-19(18)32-23)21(30)27-20-15(3)8-6-9-17(20)24/h6,8-11,14H,4-5,7,12-13H2,1-3H3,(H,27,30)(H2,25,26,28,31). The number of aromatic nitrogens is 1. The van der Waals surface area contributed by atoms with Gasteiger partial charge in [-0.3, -0.25) is 10.1 Å². The van der Waals surface area contributed by atoms with Gasteiger partial charge in [0, 0.05) is 12.1 Å². The molecule has 1 aromatic heterocycles. The normalized spacial score (nSPS) is 11.0. The first-order valence-corrected chi connectivity index (χ1v) is 11.8. The average Bonchev–Trinajstić information content (AvgIpc) is 3.17. The molecule has 0 aliphatic carbocycles. The van der Waals surface area contributed by atoms with Gasteiger partial charge in [-0.15, -0.1) is 0 Å². The number of nitrogens with one attached hydrogen (secondary N) is 3. The highest BCUT2D eigenvalue weighted by Crippen LogP contribution is 2.29. The zero-order chi connectivity index (χ0) is 23.1. The van der Waals surface area contributed by atoms with E-state index < -0.39 is 0 Å². The fourth-order valence-corrected chi connectivity index (χ4v) is 4.45. The number of fused-ring (bicyclic) bond motifs is 1. The van der Waals surface area contributed by atoms with Gasteiger partial charge in [0.1, 0.15) is 0 Å². The predicted molar refractivity (Wildman–Crippen MR) is 133 cm³/mol. The highest BCUT2D eigenvalue weighted by atomic mass is 35.5. The number of hydrogen-bond acceptors (Lipinski definition) is 5. The largest absolute Gasteiger partial charge is 0.338 e. The molecule has 3 amide bonds. The Morgan fingerprint density at radius 3 is 2.62 bits per heavy atom. The van der Waals surface area contributed by atoms with E-state index in [4.69, 9.17) is 11.6 Å². The molecule has 0 atom stereocenters.